The average Bonchev–Trinajstić information content (AvgIpc) is 2.25. The molecule has 0 fully saturated rings. The van der Waals surface area contributed by atoms with Crippen molar-refractivity contribution in [1.82, 2.24) is 0 Å². The first-order valence-corrected chi connectivity index (χ1v) is 6.75. The van der Waals surface area contributed by atoms with E-state index in [0.717, 1.165) is 13.0 Å². The zero-order valence-electron chi connectivity index (χ0n) is 12.0. The topological polar surface area (TPSA) is 26.0 Å². The maximum atomic E-state index is 5.65. The van der Waals surface area contributed by atoms with E-state index in [1.165, 1.54) is 28.7 Å². The van der Waals surface area contributed by atoms with Crippen LogP contribution in [0.3, 0.4) is 0 Å². The van der Waals surface area contributed by atoms with Gasteiger partial charge in [0.15, 0.2) is 0 Å². The van der Waals surface area contributed by atoms with Crippen LogP contribution in [0.2, 0.25) is 0 Å². The minimum Gasteiger partial charge on any atom is -0.330 e. The fourth-order valence-corrected chi connectivity index (χ4v) is 2.57. The molecule has 1 aromatic rings. The zero-order valence-corrected chi connectivity index (χ0v) is 12.0. The van der Waals surface area contributed by atoms with Crippen LogP contribution in [0.15, 0.2) is 12.1 Å². The molecular weight excluding hydrogens is 206 g/mol. The van der Waals surface area contributed by atoms with Gasteiger partial charge in [-0.15, -0.1) is 0 Å². The van der Waals surface area contributed by atoms with E-state index >= 15 is 0 Å². The predicted molar refractivity (Wildman–Crippen MR) is 76.5 cm³/mol. The third-order valence-corrected chi connectivity index (χ3v) is 3.81. The van der Waals surface area contributed by atoms with Gasteiger partial charge >= 0.3 is 0 Å². The number of nitrogens with two attached hydrogens (primary N) is 1. The minimum absolute atomic E-state index is 0.651. The standard InChI is InChI=1S/C16H27N/c1-11(2)15(7-6-8-17)16-10-13(4)12(3)9-14(16)5/h9-11,15H,6-8,17H2,1-5H3. The summed E-state index contributed by atoms with van der Waals surface area (Å²) in [6.45, 7) is 12.1. The summed E-state index contributed by atoms with van der Waals surface area (Å²) in [5, 5.41) is 0. The molecule has 1 aromatic carbocycles. The molecule has 0 aliphatic rings. The lowest BCUT2D eigenvalue weighted by Crippen LogP contribution is -2.11. The summed E-state index contributed by atoms with van der Waals surface area (Å²) in [5.41, 5.74) is 11.4. The minimum atomic E-state index is 0.651. The van der Waals surface area contributed by atoms with Crippen molar-refractivity contribution in [3.8, 4) is 0 Å². The molecule has 0 aromatic heterocycles. The Morgan fingerprint density at radius 1 is 1.00 bits per heavy atom. The van der Waals surface area contributed by atoms with Crippen LogP contribution in [0.4, 0.5) is 0 Å². The van der Waals surface area contributed by atoms with E-state index in [4.69, 9.17) is 5.73 Å². The Balaban J connectivity index is 3.05. The Labute approximate surface area is 106 Å². The fraction of sp³-hybridized carbons (Fsp3) is 0.625. The van der Waals surface area contributed by atoms with Gasteiger partial charge in [0.2, 0.25) is 0 Å². The first-order valence-electron chi connectivity index (χ1n) is 6.75. The van der Waals surface area contributed by atoms with Crippen molar-refractivity contribution in [2.45, 2.75) is 53.4 Å². The smallest absolute Gasteiger partial charge is 0.00771 e. The Kier molecular flexibility index (Phi) is 5.20. The van der Waals surface area contributed by atoms with Crippen LogP contribution in [0, 0.1) is 26.7 Å². The maximum Gasteiger partial charge on any atom is -0.00771 e. The van der Waals surface area contributed by atoms with Crippen molar-refractivity contribution in [2.24, 2.45) is 11.7 Å². The van der Waals surface area contributed by atoms with Crippen LogP contribution in [-0.2, 0) is 0 Å². The number of rotatable bonds is 5. The molecule has 0 amide bonds. The molecule has 0 aliphatic carbocycles. The lowest BCUT2D eigenvalue weighted by atomic mass is 9.81. The second-order valence-electron chi connectivity index (χ2n) is 5.57. The van der Waals surface area contributed by atoms with E-state index in [1.54, 1.807) is 0 Å². The molecule has 17 heavy (non-hydrogen) atoms. The molecule has 0 heterocycles. The van der Waals surface area contributed by atoms with Gasteiger partial charge in [0.1, 0.15) is 0 Å². The first kappa shape index (κ1) is 14.2. The highest BCUT2D eigenvalue weighted by Crippen LogP contribution is 2.32. The van der Waals surface area contributed by atoms with Gasteiger partial charge in [-0.05, 0) is 74.2 Å². The van der Waals surface area contributed by atoms with Crippen molar-refractivity contribution in [3.05, 3.63) is 34.4 Å². The molecule has 0 aliphatic heterocycles. The van der Waals surface area contributed by atoms with Gasteiger partial charge < -0.3 is 5.73 Å². The van der Waals surface area contributed by atoms with Crippen LogP contribution < -0.4 is 5.73 Å². The van der Waals surface area contributed by atoms with E-state index in [-0.39, 0.29) is 0 Å². The Bertz CT molecular complexity index is 366. The van der Waals surface area contributed by atoms with E-state index in [2.05, 4.69) is 46.8 Å². The molecule has 0 bridgehead atoms. The number of benzene rings is 1. The molecule has 1 rings (SSSR count). The number of aryl methyl sites for hydroxylation is 3. The van der Waals surface area contributed by atoms with Crippen molar-refractivity contribution < 1.29 is 0 Å². The summed E-state index contributed by atoms with van der Waals surface area (Å²) in [6, 6.07) is 4.70. The second kappa shape index (κ2) is 6.20. The van der Waals surface area contributed by atoms with Crippen LogP contribution >= 0.6 is 0 Å². The van der Waals surface area contributed by atoms with Gasteiger partial charge in [-0.2, -0.15) is 0 Å². The zero-order chi connectivity index (χ0) is 13.0. The van der Waals surface area contributed by atoms with Gasteiger partial charge in [-0.3, -0.25) is 0 Å². The van der Waals surface area contributed by atoms with Crippen LogP contribution in [0.25, 0.3) is 0 Å². The van der Waals surface area contributed by atoms with Gasteiger partial charge in [0.05, 0.1) is 0 Å². The van der Waals surface area contributed by atoms with Crippen molar-refractivity contribution in [1.29, 1.82) is 0 Å². The van der Waals surface area contributed by atoms with Crippen molar-refractivity contribution in [2.75, 3.05) is 6.54 Å². The van der Waals surface area contributed by atoms with Crippen LogP contribution in [0.5, 0.6) is 0 Å². The van der Waals surface area contributed by atoms with Crippen molar-refractivity contribution in [3.63, 3.8) is 0 Å². The summed E-state index contributed by atoms with van der Waals surface area (Å²) >= 11 is 0. The van der Waals surface area contributed by atoms with E-state index < -0.39 is 0 Å². The third-order valence-electron chi connectivity index (χ3n) is 3.81. The molecule has 1 atom stereocenters. The normalized spacial score (nSPS) is 13.1. The molecule has 0 saturated carbocycles. The highest BCUT2D eigenvalue weighted by molar-refractivity contribution is 5.38. The summed E-state index contributed by atoms with van der Waals surface area (Å²) in [7, 11) is 0. The van der Waals surface area contributed by atoms with Crippen molar-refractivity contribution >= 4 is 0 Å². The highest BCUT2D eigenvalue weighted by atomic mass is 14.5. The molecule has 0 radical (unpaired) electrons. The molecule has 1 nitrogen and oxygen atoms in total. The van der Waals surface area contributed by atoms with Gasteiger partial charge in [0.25, 0.3) is 0 Å². The quantitative estimate of drug-likeness (QED) is 0.814. The molecule has 2 N–H and O–H groups in total. The van der Waals surface area contributed by atoms with Gasteiger partial charge in [0, 0.05) is 0 Å². The molecule has 96 valence electrons. The lowest BCUT2D eigenvalue weighted by Gasteiger charge is -2.24. The number of hydrogen-bond acceptors (Lipinski definition) is 1. The van der Waals surface area contributed by atoms with Crippen LogP contribution in [0.1, 0.15) is 54.9 Å². The summed E-state index contributed by atoms with van der Waals surface area (Å²) in [4.78, 5) is 0. The fourth-order valence-electron chi connectivity index (χ4n) is 2.57. The summed E-state index contributed by atoms with van der Waals surface area (Å²) < 4.78 is 0. The lowest BCUT2D eigenvalue weighted by molar-refractivity contribution is 0.456. The predicted octanol–water partition coefficient (Wildman–Crippen LogP) is 4.09. The molecule has 0 spiro atoms. The van der Waals surface area contributed by atoms with Crippen LogP contribution in [-0.4, -0.2) is 6.54 Å². The Morgan fingerprint density at radius 3 is 2.12 bits per heavy atom. The molecule has 1 heteroatoms. The maximum absolute atomic E-state index is 5.65. The first-order chi connectivity index (χ1) is 7.97. The van der Waals surface area contributed by atoms with E-state index in [9.17, 15) is 0 Å². The molecule has 0 saturated heterocycles. The third kappa shape index (κ3) is 3.57. The Hall–Kier alpha value is -0.820. The largest absolute Gasteiger partial charge is 0.330 e. The molecule has 1 unspecified atom stereocenters. The number of hydrogen-bond donors (Lipinski definition) is 1. The average molecular weight is 233 g/mol. The Morgan fingerprint density at radius 2 is 1.59 bits per heavy atom. The molecular formula is C16H27N. The SMILES string of the molecule is Cc1cc(C)c(C(CCCN)C(C)C)cc1C. The summed E-state index contributed by atoms with van der Waals surface area (Å²) in [6.07, 6.45) is 2.33. The van der Waals surface area contributed by atoms with Gasteiger partial charge in [-0.25, -0.2) is 0 Å². The van der Waals surface area contributed by atoms with E-state index in [0.29, 0.717) is 11.8 Å². The van der Waals surface area contributed by atoms with E-state index in [1.807, 2.05) is 0 Å². The second-order valence-corrected chi connectivity index (χ2v) is 5.57. The summed E-state index contributed by atoms with van der Waals surface area (Å²) in [5.74, 6) is 1.33. The monoisotopic (exact) mass is 233 g/mol. The van der Waals surface area contributed by atoms with Gasteiger partial charge in [-0.1, -0.05) is 26.0 Å². The highest BCUT2D eigenvalue weighted by Gasteiger charge is 2.17.